The van der Waals surface area contributed by atoms with Gasteiger partial charge in [-0.05, 0) is 38.1 Å². The molecule has 2 aromatic rings. The van der Waals surface area contributed by atoms with Gasteiger partial charge in [-0.3, -0.25) is 9.59 Å². The topological polar surface area (TPSA) is 84.9 Å². The summed E-state index contributed by atoms with van der Waals surface area (Å²) in [5.74, 6) is -0.518. The summed E-state index contributed by atoms with van der Waals surface area (Å²) in [6.45, 7) is 5.31. The number of nitrogens with zero attached hydrogens (tertiary/aromatic N) is 1. The molecule has 1 N–H and O–H groups in total. The standard InChI is InChI=1S/C22H26N2O5/c1-15(2)29-20-12-8-6-10-18(20)23-21(26)13-14-24(16(3)25)19-11-7-5-9-17(19)22(27)28-4/h5-12,15H,13-14H2,1-4H3,(H,23,26). The second kappa shape index (κ2) is 10.3. The Labute approximate surface area is 170 Å². The molecule has 0 aliphatic rings. The van der Waals surface area contributed by atoms with Gasteiger partial charge in [0.2, 0.25) is 11.8 Å². The molecule has 0 unspecified atom stereocenters. The van der Waals surface area contributed by atoms with E-state index in [-0.39, 0.29) is 36.4 Å². The number of hydrogen-bond acceptors (Lipinski definition) is 5. The maximum atomic E-state index is 12.5. The van der Waals surface area contributed by atoms with E-state index in [0.717, 1.165) is 0 Å². The van der Waals surface area contributed by atoms with Crippen molar-refractivity contribution >= 4 is 29.2 Å². The van der Waals surface area contributed by atoms with Crippen molar-refractivity contribution in [3.05, 3.63) is 54.1 Å². The van der Waals surface area contributed by atoms with Gasteiger partial charge in [-0.25, -0.2) is 4.79 Å². The molecular weight excluding hydrogens is 372 g/mol. The van der Waals surface area contributed by atoms with E-state index in [0.29, 0.717) is 17.1 Å². The third-order valence-corrected chi connectivity index (χ3v) is 4.07. The third-order valence-electron chi connectivity index (χ3n) is 4.07. The number of carbonyl (C=O) groups excluding carboxylic acids is 3. The molecule has 2 aromatic carbocycles. The number of benzene rings is 2. The molecule has 0 aliphatic carbocycles. The van der Waals surface area contributed by atoms with E-state index >= 15 is 0 Å². The summed E-state index contributed by atoms with van der Waals surface area (Å²) in [7, 11) is 1.28. The van der Waals surface area contributed by atoms with Gasteiger partial charge in [0.25, 0.3) is 0 Å². The van der Waals surface area contributed by atoms with Crippen molar-refractivity contribution in [1.29, 1.82) is 0 Å². The largest absolute Gasteiger partial charge is 0.489 e. The molecule has 0 saturated carbocycles. The average Bonchev–Trinajstić information content (AvgIpc) is 2.68. The maximum Gasteiger partial charge on any atom is 0.339 e. The van der Waals surface area contributed by atoms with Crippen molar-refractivity contribution in [2.75, 3.05) is 23.9 Å². The first-order valence-electron chi connectivity index (χ1n) is 9.34. The lowest BCUT2D eigenvalue weighted by Crippen LogP contribution is -2.33. The first-order chi connectivity index (χ1) is 13.8. The van der Waals surface area contributed by atoms with E-state index in [1.807, 2.05) is 19.9 Å². The van der Waals surface area contributed by atoms with Gasteiger partial charge in [-0.2, -0.15) is 0 Å². The Kier molecular flexibility index (Phi) is 7.77. The molecule has 0 aliphatic heterocycles. The minimum absolute atomic E-state index is 0.0314. The highest BCUT2D eigenvalue weighted by atomic mass is 16.5. The van der Waals surface area contributed by atoms with E-state index in [1.165, 1.54) is 18.9 Å². The monoisotopic (exact) mass is 398 g/mol. The van der Waals surface area contributed by atoms with Gasteiger partial charge in [-0.1, -0.05) is 24.3 Å². The molecule has 7 heteroatoms. The fourth-order valence-electron chi connectivity index (χ4n) is 2.79. The second-order valence-electron chi connectivity index (χ2n) is 6.64. The van der Waals surface area contributed by atoms with Gasteiger partial charge in [0, 0.05) is 19.9 Å². The molecule has 7 nitrogen and oxygen atoms in total. The zero-order valence-corrected chi connectivity index (χ0v) is 17.1. The van der Waals surface area contributed by atoms with Gasteiger partial charge in [0.15, 0.2) is 0 Å². The molecule has 0 heterocycles. The first kappa shape index (κ1) is 21.9. The average molecular weight is 398 g/mol. The van der Waals surface area contributed by atoms with Crippen LogP contribution < -0.4 is 15.0 Å². The van der Waals surface area contributed by atoms with Gasteiger partial charge >= 0.3 is 5.97 Å². The second-order valence-corrected chi connectivity index (χ2v) is 6.64. The van der Waals surface area contributed by atoms with Crippen LogP contribution in [0.2, 0.25) is 0 Å². The Morgan fingerprint density at radius 3 is 2.34 bits per heavy atom. The van der Waals surface area contributed by atoms with Crippen LogP contribution in [-0.2, 0) is 14.3 Å². The predicted molar refractivity (Wildman–Crippen MR) is 111 cm³/mol. The van der Waals surface area contributed by atoms with E-state index in [9.17, 15) is 14.4 Å². The van der Waals surface area contributed by atoms with Crippen LogP contribution >= 0.6 is 0 Å². The number of rotatable bonds is 8. The molecule has 0 radical (unpaired) electrons. The van der Waals surface area contributed by atoms with E-state index in [4.69, 9.17) is 9.47 Å². The number of anilines is 2. The highest BCUT2D eigenvalue weighted by Crippen LogP contribution is 2.25. The van der Waals surface area contributed by atoms with Crippen LogP contribution in [0.1, 0.15) is 37.6 Å². The molecule has 0 saturated heterocycles. The lowest BCUT2D eigenvalue weighted by atomic mass is 10.1. The number of methoxy groups -OCH3 is 1. The van der Waals surface area contributed by atoms with Crippen LogP contribution in [0.3, 0.4) is 0 Å². The van der Waals surface area contributed by atoms with Crippen LogP contribution in [-0.4, -0.2) is 37.5 Å². The highest BCUT2D eigenvalue weighted by molar-refractivity contribution is 6.02. The minimum atomic E-state index is -0.545. The van der Waals surface area contributed by atoms with E-state index < -0.39 is 5.97 Å². The molecule has 2 amide bonds. The smallest absolute Gasteiger partial charge is 0.339 e. The van der Waals surface area contributed by atoms with Gasteiger partial charge in [-0.15, -0.1) is 0 Å². The Hall–Kier alpha value is -3.35. The summed E-state index contributed by atoms with van der Waals surface area (Å²) in [5, 5.41) is 2.82. The number of hydrogen-bond donors (Lipinski definition) is 1. The van der Waals surface area contributed by atoms with Crippen molar-refractivity contribution < 1.29 is 23.9 Å². The summed E-state index contributed by atoms with van der Waals surface area (Å²) in [4.78, 5) is 38.1. The van der Waals surface area contributed by atoms with E-state index in [1.54, 1.807) is 42.5 Å². The van der Waals surface area contributed by atoms with Crippen LogP contribution in [0.25, 0.3) is 0 Å². The summed E-state index contributed by atoms with van der Waals surface area (Å²) >= 11 is 0. The third kappa shape index (κ3) is 6.07. The van der Waals surface area contributed by atoms with Crippen molar-refractivity contribution in [1.82, 2.24) is 0 Å². The summed E-state index contributed by atoms with van der Waals surface area (Å²) in [6, 6.07) is 13.8. The van der Waals surface area contributed by atoms with Crippen molar-refractivity contribution in [2.24, 2.45) is 0 Å². The summed E-state index contributed by atoms with van der Waals surface area (Å²) < 4.78 is 10.5. The number of para-hydroxylation sites is 3. The van der Waals surface area contributed by atoms with Crippen LogP contribution in [0.15, 0.2) is 48.5 Å². The molecule has 2 rings (SSSR count). The number of ether oxygens (including phenoxy) is 2. The Bertz CT molecular complexity index is 879. The van der Waals surface area contributed by atoms with Crippen molar-refractivity contribution in [3.8, 4) is 5.75 Å². The van der Waals surface area contributed by atoms with Crippen LogP contribution in [0.5, 0.6) is 5.75 Å². The molecule has 0 fully saturated rings. The van der Waals surface area contributed by atoms with Crippen LogP contribution in [0.4, 0.5) is 11.4 Å². The Morgan fingerprint density at radius 1 is 1.03 bits per heavy atom. The molecular formula is C22H26N2O5. The quantitative estimate of drug-likeness (QED) is 0.686. The summed E-state index contributed by atoms with van der Waals surface area (Å²) in [5.41, 5.74) is 1.24. The molecule has 0 aromatic heterocycles. The molecule has 0 bridgehead atoms. The van der Waals surface area contributed by atoms with Crippen molar-refractivity contribution in [2.45, 2.75) is 33.3 Å². The molecule has 154 valence electrons. The Morgan fingerprint density at radius 2 is 1.69 bits per heavy atom. The molecule has 0 atom stereocenters. The van der Waals surface area contributed by atoms with Crippen LogP contribution in [0, 0.1) is 0 Å². The number of carbonyl (C=O) groups is 3. The zero-order valence-electron chi connectivity index (χ0n) is 17.1. The van der Waals surface area contributed by atoms with E-state index in [2.05, 4.69) is 5.32 Å². The molecule has 0 spiro atoms. The van der Waals surface area contributed by atoms with Gasteiger partial charge < -0.3 is 19.7 Å². The minimum Gasteiger partial charge on any atom is -0.489 e. The summed E-state index contributed by atoms with van der Waals surface area (Å²) in [6.07, 6.45) is 0.0153. The fraction of sp³-hybridized carbons (Fsp3) is 0.318. The first-order valence-corrected chi connectivity index (χ1v) is 9.34. The normalized spacial score (nSPS) is 10.4. The zero-order chi connectivity index (χ0) is 21.4. The maximum absolute atomic E-state index is 12.5. The Balaban J connectivity index is 2.12. The lowest BCUT2D eigenvalue weighted by molar-refractivity contribution is -0.117. The lowest BCUT2D eigenvalue weighted by Gasteiger charge is -2.23. The van der Waals surface area contributed by atoms with Crippen molar-refractivity contribution in [3.63, 3.8) is 0 Å². The molecule has 29 heavy (non-hydrogen) atoms. The predicted octanol–water partition coefficient (Wildman–Crippen LogP) is 3.64. The number of amides is 2. The SMILES string of the molecule is COC(=O)c1ccccc1N(CCC(=O)Nc1ccccc1OC(C)C)C(C)=O. The van der Waals surface area contributed by atoms with Gasteiger partial charge in [0.1, 0.15) is 5.75 Å². The number of esters is 1. The highest BCUT2D eigenvalue weighted by Gasteiger charge is 2.20. The number of nitrogens with one attached hydrogen (secondary N) is 1. The fourth-order valence-corrected chi connectivity index (χ4v) is 2.79. The van der Waals surface area contributed by atoms with Gasteiger partial charge in [0.05, 0.1) is 30.2 Å².